The summed E-state index contributed by atoms with van der Waals surface area (Å²) < 4.78 is 6.52. The average molecular weight is 293 g/mol. The van der Waals surface area contributed by atoms with Crippen molar-refractivity contribution >= 4 is 27.3 Å². The highest BCUT2D eigenvalue weighted by molar-refractivity contribution is 9.11. The molecule has 0 saturated heterocycles. The van der Waals surface area contributed by atoms with Crippen LogP contribution in [-0.4, -0.2) is 24.2 Å². The first-order chi connectivity index (χ1) is 7.13. The minimum atomic E-state index is 0.251. The minimum Gasteiger partial charge on any atom is -0.377 e. The molecule has 0 aliphatic carbocycles. The number of halogens is 1. The van der Waals surface area contributed by atoms with E-state index >= 15 is 0 Å². The summed E-state index contributed by atoms with van der Waals surface area (Å²) in [5.41, 5.74) is 0. The summed E-state index contributed by atoms with van der Waals surface area (Å²) in [7, 11) is 0. The highest BCUT2D eigenvalue weighted by Gasteiger charge is 2.10. The molecule has 0 aliphatic heterocycles. The molecule has 0 bridgehead atoms. The maximum absolute atomic E-state index is 5.44. The van der Waals surface area contributed by atoms with Crippen LogP contribution in [-0.2, 0) is 4.74 Å². The molecule has 1 aromatic rings. The third kappa shape index (κ3) is 4.59. The molecule has 0 fully saturated rings. The first-order valence-electron chi connectivity index (χ1n) is 5.09. The van der Waals surface area contributed by atoms with Crippen LogP contribution in [0.2, 0.25) is 0 Å². The molecule has 0 radical (unpaired) electrons. The quantitative estimate of drug-likeness (QED) is 0.875. The molecule has 0 saturated carbocycles. The second kappa shape index (κ2) is 6.58. The number of aromatic nitrogens is 1. The number of nitrogens with zero attached hydrogens (tertiary/aromatic N) is 1. The summed E-state index contributed by atoms with van der Waals surface area (Å²) in [5, 5.41) is 4.50. The van der Waals surface area contributed by atoms with Gasteiger partial charge in [0.1, 0.15) is 5.01 Å². The summed E-state index contributed by atoms with van der Waals surface area (Å²) in [6.07, 6.45) is 2.09. The van der Waals surface area contributed by atoms with Gasteiger partial charge in [0, 0.05) is 13.2 Å². The van der Waals surface area contributed by atoms with Gasteiger partial charge in [-0.25, -0.2) is 4.98 Å². The Morgan fingerprint density at radius 1 is 1.60 bits per heavy atom. The summed E-state index contributed by atoms with van der Waals surface area (Å²) in [4.78, 5) is 4.31. The molecule has 1 heterocycles. The number of hydrogen-bond acceptors (Lipinski definition) is 4. The van der Waals surface area contributed by atoms with Crippen LogP contribution in [0, 0.1) is 0 Å². The number of nitrogens with one attached hydrogen (secondary N) is 1. The highest BCUT2D eigenvalue weighted by atomic mass is 79.9. The fourth-order valence-corrected chi connectivity index (χ4v) is 2.51. The van der Waals surface area contributed by atoms with Crippen LogP contribution in [0.15, 0.2) is 9.98 Å². The molecule has 15 heavy (non-hydrogen) atoms. The van der Waals surface area contributed by atoms with Gasteiger partial charge >= 0.3 is 0 Å². The van der Waals surface area contributed by atoms with E-state index in [1.54, 1.807) is 11.3 Å². The Morgan fingerprint density at radius 3 is 2.87 bits per heavy atom. The van der Waals surface area contributed by atoms with Crippen molar-refractivity contribution in [3.05, 3.63) is 15.0 Å². The van der Waals surface area contributed by atoms with E-state index in [2.05, 4.69) is 40.1 Å². The van der Waals surface area contributed by atoms with E-state index in [9.17, 15) is 0 Å². The predicted octanol–water partition coefficient (Wildman–Crippen LogP) is 2.98. The Kier molecular flexibility index (Phi) is 5.74. The number of ether oxygens (including phenoxy) is 1. The van der Waals surface area contributed by atoms with Crippen LogP contribution < -0.4 is 5.32 Å². The molecule has 0 spiro atoms. The Balaban J connectivity index is 2.33. The first kappa shape index (κ1) is 13.1. The molecule has 2 atom stereocenters. The summed E-state index contributed by atoms with van der Waals surface area (Å²) in [5.74, 6) is 0. The average Bonchev–Trinajstić information content (AvgIpc) is 2.62. The van der Waals surface area contributed by atoms with Crippen LogP contribution in [0.25, 0.3) is 0 Å². The SMILES string of the molecule is CCOC(C)CNC(C)c1ncc(Br)s1. The zero-order valence-corrected chi connectivity index (χ0v) is 11.7. The highest BCUT2D eigenvalue weighted by Crippen LogP contribution is 2.23. The van der Waals surface area contributed by atoms with Crippen molar-refractivity contribution in [1.29, 1.82) is 0 Å². The summed E-state index contributed by atoms with van der Waals surface area (Å²) >= 11 is 5.07. The molecule has 0 amide bonds. The largest absolute Gasteiger partial charge is 0.377 e. The minimum absolute atomic E-state index is 0.251. The Hall–Kier alpha value is 0.0300. The van der Waals surface area contributed by atoms with Crippen LogP contribution in [0.5, 0.6) is 0 Å². The molecular formula is C10H17BrN2OS. The number of rotatable bonds is 6. The standard InChI is InChI=1S/C10H17BrN2OS/c1-4-14-7(2)5-12-8(3)10-13-6-9(11)15-10/h6-8,12H,4-5H2,1-3H3. The van der Waals surface area contributed by atoms with Crippen molar-refractivity contribution in [3.63, 3.8) is 0 Å². The van der Waals surface area contributed by atoms with Crippen LogP contribution in [0.4, 0.5) is 0 Å². The second-order valence-electron chi connectivity index (χ2n) is 3.40. The van der Waals surface area contributed by atoms with Crippen molar-refractivity contribution in [2.75, 3.05) is 13.2 Å². The van der Waals surface area contributed by atoms with Crippen LogP contribution in [0.1, 0.15) is 31.8 Å². The topological polar surface area (TPSA) is 34.1 Å². The van der Waals surface area contributed by atoms with Gasteiger partial charge in [-0.3, -0.25) is 0 Å². The van der Waals surface area contributed by atoms with E-state index in [0.717, 1.165) is 21.9 Å². The fourth-order valence-electron chi connectivity index (χ4n) is 1.24. The fraction of sp³-hybridized carbons (Fsp3) is 0.700. The van der Waals surface area contributed by atoms with Gasteiger partial charge in [-0.05, 0) is 36.7 Å². The molecule has 3 nitrogen and oxygen atoms in total. The van der Waals surface area contributed by atoms with Gasteiger partial charge in [-0.15, -0.1) is 11.3 Å². The van der Waals surface area contributed by atoms with Gasteiger partial charge in [0.2, 0.25) is 0 Å². The molecule has 5 heteroatoms. The zero-order chi connectivity index (χ0) is 11.3. The lowest BCUT2D eigenvalue weighted by atomic mass is 10.3. The lowest BCUT2D eigenvalue weighted by Crippen LogP contribution is -2.29. The number of hydrogen-bond donors (Lipinski definition) is 1. The van der Waals surface area contributed by atoms with E-state index in [-0.39, 0.29) is 12.1 Å². The van der Waals surface area contributed by atoms with Gasteiger partial charge in [0.25, 0.3) is 0 Å². The number of thiazole rings is 1. The van der Waals surface area contributed by atoms with Crippen molar-refractivity contribution in [1.82, 2.24) is 10.3 Å². The summed E-state index contributed by atoms with van der Waals surface area (Å²) in [6, 6.07) is 0.282. The Labute approximate surface area is 103 Å². The smallest absolute Gasteiger partial charge is 0.110 e. The second-order valence-corrected chi connectivity index (χ2v) is 5.84. The predicted molar refractivity (Wildman–Crippen MR) is 67.3 cm³/mol. The monoisotopic (exact) mass is 292 g/mol. The van der Waals surface area contributed by atoms with Gasteiger partial charge < -0.3 is 10.1 Å². The molecule has 2 unspecified atom stereocenters. The molecule has 0 aromatic carbocycles. The van der Waals surface area contributed by atoms with Crippen molar-refractivity contribution in [3.8, 4) is 0 Å². The van der Waals surface area contributed by atoms with E-state index in [1.165, 1.54) is 0 Å². The van der Waals surface area contributed by atoms with Gasteiger partial charge in [-0.2, -0.15) is 0 Å². The zero-order valence-electron chi connectivity index (χ0n) is 9.29. The molecule has 1 aromatic heterocycles. The summed E-state index contributed by atoms with van der Waals surface area (Å²) in [6.45, 7) is 7.81. The van der Waals surface area contributed by atoms with Crippen LogP contribution in [0.3, 0.4) is 0 Å². The van der Waals surface area contributed by atoms with E-state index in [1.807, 2.05) is 13.1 Å². The Bertz CT molecular complexity index is 293. The van der Waals surface area contributed by atoms with Gasteiger partial charge in [0.15, 0.2) is 0 Å². The van der Waals surface area contributed by atoms with Gasteiger partial charge in [-0.1, -0.05) is 0 Å². The van der Waals surface area contributed by atoms with E-state index in [4.69, 9.17) is 4.74 Å². The van der Waals surface area contributed by atoms with Crippen molar-refractivity contribution in [2.45, 2.75) is 32.9 Å². The molecule has 0 aliphatic rings. The van der Waals surface area contributed by atoms with Gasteiger partial charge in [0.05, 0.1) is 22.1 Å². The lowest BCUT2D eigenvalue weighted by molar-refractivity contribution is 0.0743. The third-order valence-corrected chi connectivity index (χ3v) is 3.69. The van der Waals surface area contributed by atoms with E-state index < -0.39 is 0 Å². The van der Waals surface area contributed by atoms with E-state index in [0.29, 0.717) is 0 Å². The van der Waals surface area contributed by atoms with Crippen molar-refractivity contribution < 1.29 is 4.74 Å². The maximum atomic E-state index is 5.44. The Morgan fingerprint density at radius 2 is 2.33 bits per heavy atom. The normalized spacial score (nSPS) is 15.2. The molecule has 1 rings (SSSR count). The molecule has 86 valence electrons. The first-order valence-corrected chi connectivity index (χ1v) is 6.70. The maximum Gasteiger partial charge on any atom is 0.110 e. The molecular weight excluding hydrogens is 276 g/mol. The lowest BCUT2D eigenvalue weighted by Gasteiger charge is -2.16. The van der Waals surface area contributed by atoms with Crippen LogP contribution >= 0.6 is 27.3 Å². The van der Waals surface area contributed by atoms with Crippen molar-refractivity contribution in [2.24, 2.45) is 0 Å². The molecule has 1 N–H and O–H groups in total. The third-order valence-electron chi connectivity index (χ3n) is 2.03.